The zero-order chi connectivity index (χ0) is 21.8. The van der Waals surface area contributed by atoms with Crippen LogP contribution in [0.4, 0.5) is 0 Å². The molecule has 0 aliphatic rings. The minimum atomic E-state index is -0.0984. The Balaban J connectivity index is 1.65. The number of hydrogen-bond donors (Lipinski definition) is 0. The molecule has 4 rings (SSSR count). The number of rotatable bonds is 8. The molecule has 2 heterocycles. The highest BCUT2D eigenvalue weighted by Crippen LogP contribution is 2.30. The van der Waals surface area contributed by atoms with Gasteiger partial charge in [-0.15, -0.1) is 10.2 Å². The van der Waals surface area contributed by atoms with Gasteiger partial charge in [-0.25, -0.2) is 0 Å². The Morgan fingerprint density at radius 3 is 2.55 bits per heavy atom. The largest absolute Gasteiger partial charge is 0.497 e. The smallest absolute Gasteiger partial charge is 0.205 e. The fourth-order valence-corrected chi connectivity index (χ4v) is 3.93. The maximum absolute atomic E-state index is 13.0. The van der Waals surface area contributed by atoms with Gasteiger partial charge in [0.1, 0.15) is 11.5 Å². The van der Waals surface area contributed by atoms with Crippen molar-refractivity contribution in [2.75, 3.05) is 20.0 Å². The summed E-state index contributed by atoms with van der Waals surface area (Å²) in [6, 6.07) is 16.8. The third-order valence-electron chi connectivity index (χ3n) is 4.71. The Morgan fingerprint density at radius 1 is 1.06 bits per heavy atom. The average Bonchev–Trinajstić information content (AvgIpc) is 3.47. The van der Waals surface area contributed by atoms with Crippen LogP contribution in [-0.2, 0) is 0 Å². The van der Waals surface area contributed by atoms with E-state index < -0.39 is 0 Å². The molecule has 0 N–H and O–H groups in total. The summed E-state index contributed by atoms with van der Waals surface area (Å²) in [5.41, 5.74) is 2.49. The number of Topliss-reactive ketones (excluding diaryl/α,β-unsaturated/α-hetero) is 1. The summed E-state index contributed by atoms with van der Waals surface area (Å²) in [5.74, 6) is 2.33. The number of benzene rings is 2. The standard InChI is InChI=1S/C23H21N3O4S/c1-15-6-8-16(9-7-15)26-22(21-5-4-12-30-21)24-25-23(26)31-14-19(27)18-13-17(28-2)10-11-20(18)29-3/h4-13H,14H2,1-3H3. The van der Waals surface area contributed by atoms with Gasteiger partial charge in [-0.05, 0) is 49.4 Å². The number of furan rings is 1. The zero-order valence-corrected chi connectivity index (χ0v) is 18.2. The number of aryl methyl sites for hydroxylation is 1. The third-order valence-corrected chi connectivity index (χ3v) is 5.64. The molecule has 0 saturated heterocycles. The van der Waals surface area contributed by atoms with Crippen molar-refractivity contribution in [2.45, 2.75) is 12.1 Å². The second kappa shape index (κ2) is 9.09. The van der Waals surface area contributed by atoms with E-state index in [0.29, 0.717) is 33.8 Å². The molecule has 0 spiro atoms. The zero-order valence-electron chi connectivity index (χ0n) is 17.4. The van der Waals surface area contributed by atoms with Gasteiger partial charge in [0, 0.05) is 5.69 Å². The summed E-state index contributed by atoms with van der Waals surface area (Å²) in [7, 11) is 3.10. The van der Waals surface area contributed by atoms with Gasteiger partial charge in [-0.2, -0.15) is 0 Å². The van der Waals surface area contributed by atoms with Crippen molar-refractivity contribution in [3.63, 3.8) is 0 Å². The molecule has 31 heavy (non-hydrogen) atoms. The Bertz CT molecular complexity index is 1180. The number of carbonyl (C=O) groups is 1. The van der Waals surface area contributed by atoms with E-state index in [4.69, 9.17) is 13.9 Å². The molecule has 2 aromatic carbocycles. The number of carbonyl (C=O) groups excluding carboxylic acids is 1. The fourth-order valence-electron chi connectivity index (χ4n) is 3.10. The van der Waals surface area contributed by atoms with Crippen LogP contribution in [0.5, 0.6) is 11.5 Å². The average molecular weight is 436 g/mol. The van der Waals surface area contributed by atoms with Crippen molar-refractivity contribution in [3.8, 4) is 28.8 Å². The first-order valence-electron chi connectivity index (χ1n) is 9.55. The van der Waals surface area contributed by atoms with Gasteiger partial charge < -0.3 is 13.9 Å². The lowest BCUT2D eigenvalue weighted by molar-refractivity contribution is 0.101. The summed E-state index contributed by atoms with van der Waals surface area (Å²) in [6.07, 6.45) is 1.59. The molecular formula is C23H21N3O4S. The first kappa shape index (κ1) is 20.7. The van der Waals surface area contributed by atoms with Gasteiger partial charge >= 0.3 is 0 Å². The lowest BCUT2D eigenvalue weighted by Crippen LogP contribution is -2.07. The lowest BCUT2D eigenvalue weighted by Gasteiger charge is -2.11. The van der Waals surface area contributed by atoms with Gasteiger partial charge in [0.25, 0.3) is 0 Å². The molecule has 0 aliphatic heterocycles. The second-order valence-corrected chi connectivity index (χ2v) is 7.68. The predicted molar refractivity (Wildman–Crippen MR) is 118 cm³/mol. The van der Waals surface area contributed by atoms with Crippen molar-refractivity contribution in [3.05, 3.63) is 72.0 Å². The van der Waals surface area contributed by atoms with Crippen LogP contribution in [0.2, 0.25) is 0 Å². The topological polar surface area (TPSA) is 79.4 Å². The molecule has 0 atom stereocenters. The van der Waals surface area contributed by atoms with E-state index >= 15 is 0 Å². The Morgan fingerprint density at radius 2 is 1.87 bits per heavy atom. The van der Waals surface area contributed by atoms with Crippen LogP contribution in [0.3, 0.4) is 0 Å². The molecule has 0 aliphatic carbocycles. The highest BCUT2D eigenvalue weighted by Gasteiger charge is 2.20. The summed E-state index contributed by atoms with van der Waals surface area (Å²) >= 11 is 1.30. The molecule has 0 saturated carbocycles. The highest BCUT2D eigenvalue weighted by molar-refractivity contribution is 7.99. The van der Waals surface area contributed by atoms with Crippen LogP contribution in [0, 0.1) is 6.92 Å². The van der Waals surface area contributed by atoms with E-state index in [-0.39, 0.29) is 11.5 Å². The quantitative estimate of drug-likeness (QED) is 0.290. The van der Waals surface area contributed by atoms with E-state index in [0.717, 1.165) is 11.3 Å². The van der Waals surface area contributed by atoms with Gasteiger partial charge in [-0.1, -0.05) is 29.5 Å². The molecule has 4 aromatic rings. The number of thioether (sulfide) groups is 1. The van der Waals surface area contributed by atoms with Crippen LogP contribution >= 0.6 is 11.8 Å². The van der Waals surface area contributed by atoms with Gasteiger partial charge in [0.2, 0.25) is 5.82 Å². The summed E-state index contributed by atoms with van der Waals surface area (Å²) in [4.78, 5) is 13.0. The van der Waals surface area contributed by atoms with Crippen molar-refractivity contribution in [2.24, 2.45) is 0 Å². The van der Waals surface area contributed by atoms with E-state index in [9.17, 15) is 4.79 Å². The summed E-state index contributed by atoms with van der Waals surface area (Å²) in [5, 5.41) is 9.22. The number of aromatic nitrogens is 3. The molecule has 0 amide bonds. The molecule has 158 valence electrons. The molecular weight excluding hydrogens is 414 g/mol. The number of ether oxygens (including phenoxy) is 2. The fraction of sp³-hybridized carbons (Fsp3) is 0.174. The van der Waals surface area contributed by atoms with Gasteiger partial charge in [-0.3, -0.25) is 9.36 Å². The summed E-state index contributed by atoms with van der Waals surface area (Å²) < 4.78 is 18.0. The molecule has 0 bridgehead atoms. The van der Waals surface area contributed by atoms with Crippen molar-refractivity contribution in [1.82, 2.24) is 14.8 Å². The van der Waals surface area contributed by atoms with E-state index in [2.05, 4.69) is 10.2 Å². The van der Waals surface area contributed by atoms with E-state index in [1.807, 2.05) is 41.8 Å². The maximum atomic E-state index is 13.0. The van der Waals surface area contributed by atoms with Gasteiger partial charge in [0.15, 0.2) is 16.7 Å². The first-order chi connectivity index (χ1) is 15.1. The molecule has 7 nitrogen and oxygen atoms in total. The van der Waals surface area contributed by atoms with E-state index in [1.165, 1.54) is 18.9 Å². The minimum Gasteiger partial charge on any atom is -0.497 e. The third kappa shape index (κ3) is 4.34. The Hall–Kier alpha value is -3.52. The van der Waals surface area contributed by atoms with E-state index in [1.54, 1.807) is 37.6 Å². The number of methoxy groups -OCH3 is 2. The van der Waals surface area contributed by atoms with Crippen LogP contribution in [0.1, 0.15) is 15.9 Å². The van der Waals surface area contributed by atoms with Gasteiger partial charge in [0.05, 0.1) is 31.8 Å². The van der Waals surface area contributed by atoms with Crippen molar-refractivity contribution in [1.29, 1.82) is 0 Å². The SMILES string of the molecule is COc1ccc(OC)c(C(=O)CSc2nnc(-c3ccco3)n2-c2ccc(C)cc2)c1. The second-order valence-electron chi connectivity index (χ2n) is 6.73. The monoisotopic (exact) mass is 435 g/mol. The molecule has 0 unspecified atom stereocenters. The first-order valence-corrected chi connectivity index (χ1v) is 10.5. The van der Waals surface area contributed by atoms with Crippen LogP contribution < -0.4 is 9.47 Å². The number of hydrogen-bond acceptors (Lipinski definition) is 7. The lowest BCUT2D eigenvalue weighted by atomic mass is 10.1. The predicted octanol–water partition coefficient (Wildman–Crippen LogP) is 4.83. The normalized spacial score (nSPS) is 10.8. The number of ketones is 1. The molecule has 8 heteroatoms. The summed E-state index contributed by atoms with van der Waals surface area (Å²) in [6.45, 7) is 2.03. The highest BCUT2D eigenvalue weighted by atomic mass is 32.2. The minimum absolute atomic E-state index is 0.0984. The molecule has 0 radical (unpaired) electrons. The van der Waals surface area contributed by atoms with Crippen LogP contribution in [-0.4, -0.2) is 40.5 Å². The Labute approximate surface area is 184 Å². The van der Waals surface area contributed by atoms with Crippen LogP contribution in [0.15, 0.2) is 70.4 Å². The maximum Gasteiger partial charge on any atom is 0.205 e. The van der Waals surface area contributed by atoms with Crippen molar-refractivity contribution >= 4 is 17.5 Å². The molecule has 2 aromatic heterocycles. The van der Waals surface area contributed by atoms with Crippen LogP contribution in [0.25, 0.3) is 17.3 Å². The number of nitrogens with zero attached hydrogens (tertiary/aromatic N) is 3. The Kier molecular flexibility index (Phi) is 6.08. The molecule has 0 fully saturated rings. The van der Waals surface area contributed by atoms with Crippen molar-refractivity contribution < 1.29 is 18.7 Å².